The third-order valence-corrected chi connectivity index (χ3v) is 9.81. The van der Waals surface area contributed by atoms with Gasteiger partial charge in [-0.05, 0) is 93.0 Å². The van der Waals surface area contributed by atoms with Crippen LogP contribution < -0.4 is 0 Å². The van der Waals surface area contributed by atoms with Crippen LogP contribution in [0.2, 0.25) is 0 Å². The number of esters is 2. The lowest BCUT2D eigenvalue weighted by atomic mass is 9.44. The van der Waals surface area contributed by atoms with Crippen LogP contribution in [0.25, 0.3) is 0 Å². The molecule has 0 unspecified atom stereocenters. The van der Waals surface area contributed by atoms with E-state index >= 15 is 0 Å². The van der Waals surface area contributed by atoms with Gasteiger partial charge in [0, 0.05) is 25.2 Å². The molecule has 164 valence electrons. The van der Waals surface area contributed by atoms with Crippen LogP contribution in [0.1, 0.15) is 78.6 Å². The largest absolute Gasteiger partial charge is 0.463 e. The molecule has 4 saturated carbocycles. The van der Waals surface area contributed by atoms with E-state index in [1.54, 1.807) is 0 Å². The van der Waals surface area contributed by atoms with Gasteiger partial charge in [0.2, 0.25) is 0 Å². The maximum Gasteiger partial charge on any atom is 0.307 e. The summed E-state index contributed by atoms with van der Waals surface area (Å²) in [6.45, 7) is 5.60. The Morgan fingerprint density at radius 2 is 1.80 bits per heavy atom. The lowest BCUT2D eigenvalue weighted by Gasteiger charge is -2.61. The van der Waals surface area contributed by atoms with E-state index < -0.39 is 0 Å². The van der Waals surface area contributed by atoms with Gasteiger partial charge in [-0.1, -0.05) is 19.1 Å². The van der Waals surface area contributed by atoms with Gasteiger partial charge in [-0.25, -0.2) is 0 Å². The molecular weight excluding hydrogens is 376 g/mol. The van der Waals surface area contributed by atoms with Gasteiger partial charge >= 0.3 is 11.9 Å². The zero-order chi connectivity index (χ0) is 21.1. The van der Waals surface area contributed by atoms with E-state index in [2.05, 4.69) is 19.1 Å². The molecule has 30 heavy (non-hydrogen) atoms. The number of ether oxygens (including phenoxy) is 2. The molecule has 1 spiro atoms. The fourth-order valence-corrected chi connectivity index (χ4v) is 8.73. The van der Waals surface area contributed by atoms with Crippen LogP contribution in [0.15, 0.2) is 24.0 Å². The molecule has 5 aliphatic rings. The van der Waals surface area contributed by atoms with Crippen molar-refractivity contribution in [3.8, 4) is 0 Å². The molecule has 0 aliphatic heterocycles. The first-order chi connectivity index (χ1) is 14.3. The molecule has 4 nitrogen and oxygen atoms in total. The zero-order valence-corrected chi connectivity index (χ0v) is 18.7. The van der Waals surface area contributed by atoms with Crippen molar-refractivity contribution in [1.29, 1.82) is 0 Å². The average molecular weight is 413 g/mol. The van der Waals surface area contributed by atoms with Crippen LogP contribution in [-0.2, 0) is 19.1 Å². The minimum Gasteiger partial charge on any atom is -0.463 e. The summed E-state index contributed by atoms with van der Waals surface area (Å²) >= 11 is 0. The number of carbonyl (C=O) groups excluding carboxylic acids is 2. The molecule has 0 radical (unpaired) electrons. The second kappa shape index (κ2) is 7.24. The molecule has 4 heteroatoms. The highest BCUT2D eigenvalue weighted by Crippen LogP contribution is 2.69. The fourth-order valence-electron chi connectivity index (χ4n) is 8.73. The third-order valence-electron chi connectivity index (χ3n) is 9.81. The van der Waals surface area contributed by atoms with E-state index in [0.717, 1.165) is 36.9 Å². The topological polar surface area (TPSA) is 52.6 Å². The van der Waals surface area contributed by atoms with E-state index in [1.165, 1.54) is 52.4 Å². The standard InChI is InChI=1S/C26H36O4/c1-16(27)29-19-10-13-25(3)18(15-19)6-7-20-21(25)11-14-26-12-4-5-24(30-17(2)28)23(26)9-8-22(20)26/h4-5,12,18-23H,6-11,13-15H2,1-3H3/t18-,19+,20+,21-,22-,23+,25-,26-/m0/s1. The molecule has 8 atom stereocenters. The molecule has 0 aromatic heterocycles. The number of hydrogen-bond donors (Lipinski definition) is 0. The number of allylic oxidation sites excluding steroid dienone is 4. The molecule has 0 bridgehead atoms. The van der Waals surface area contributed by atoms with Gasteiger partial charge in [0.15, 0.2) is 0 Å². The van der Waals surface area contributed by atoms with Gasteiger partial charge in [-0.15, -0.1) is 0 Å². The maximum atomic E-state index is 11.7. The summed E-state index contributed by atoms with van der Waals surface area (Å²) in [7, 11) is 0. The number of rotatable bonds is 2. The van der Waals surface area contributed by atoms with Crippen LogP contribution in [-0.4, -0.2) is 18.0 Å². The number of hydrogen-bond acceptors (Lipinski definition) is 4. The Kier molecular flexibility index (Phi) is 4.91. The first kappa shape index (κ1) is 20.3. The van der Waals surface area contributed by atoms with Crippen molar-refractivity contribution < 1.29 is 19.1 Å². The van der Waals surface area contributed by atoms with Crippen LogP contribution >= 0.6 is 0 Å². The van der Waals surface area contributed by atoms with Crippen molar-refractivity contribution in [2.24, 2.45) is 40.4 Å². The highest BCUT2D eigenvalue weighted by molar-refractivity contribution is 5.67. The number of fused-ring (bicyclic) bond motifs is 4. The molecule has 0 aromatic rings. The predicted octanol–water partition coefficient (Wildman–Crippen LogP) is 5.57. The van der Waals surface area contributed by atoms with Crippen molar-refractivity contribution in [3.63, 3.8) is 0 Å². The molecule has 5 aliphatic carbocycles. The van der Waals surface area contributed by atoms with Crippen molar-refractivity contribution in [2.75, 3.05) is 0 Å². The molecule has 0 N–H and O–H groups in total. The fraction of sp³-hybridized carbons (Fsp3) is 0.769. The van der Waals surface area contributed by atoms with Gasteiger partial charge in [0.1, 0.15) is 11.9 Å². The third kappa shape index (κ3) is 3.00. The van der Waals surface area contributed by atoms with Crippen LogP contribution in [0.4, 0.5) is 0 Å². The Hall–Kier alpha value is -1.58. The van der Waals surface area contributed by atoms with E-state index in [-0.39, 0.29) is 23.5 Å². The highest BCUT2D eigenvalue weighted by Gasteiger charge is 2.62. The average Bonchev–Trinajstić information content (AvgIpc) is 3.08. The van der Waals surface area contributed by atoms with Gasteiger partial charge < -0.3 is 9.47 Å². The first-order valence-electron chi connectivity index (χ1n) is 12.1. The Morgan fingerprint density at radius 3 is 2.57 bits per heavy atom. The molecule has 5 rings (SSSR count). The smallest absolute Gasteiger partial charge is 0.307 e. The predicted molar refractivity (Wildman–Crippen MR) is 114 cm³/mol. The van der Waals surface area contributed by atoms with Crippen LogP contribution in [0.3, 0.4) is 0 Å². The molecule has 0 heterocycles. The second-order valence-electron chi connectivity index (χ2n) is 11.0. The normalized spacial score (nSPS) is 46.6. The zero-order valence-electron chi connectivity index (χ0n) is 18.7. The Labute approximate surface area is 180 Å². The van der Waals surface area contributed by atoms with Gasteiger partial charge in [0.25, 0.3) is 0 Å². The molecular formula is C26H36O4. The van der Waals surface area contributed by atoms with Crippen molar-refractivity contribution in [1.82, 2.24) is 0 Å². The van der Waals surface area contributed by atoms with E-state index in [0.29, 0.717) is 23.2 Å². The molecule has 0 amide bonds. The first-order valence-corrected chi connectivity index (χ1v) is 12.1. The molecule has 0 aromatic carbocycles. The van der Waals surface area contributed by atoms with Crippen molar-refractivity contribution in [3.05, 3.63) is 24.0 Å². The van der Waals surface area contributed by atoms with Crippen LogP contribution in [0, 0.1) is 40.4 Å². The minimum atomic E-state index is -0.193. The summed E-state index contributed by atoms with van der Waals surface area (Å²) < 4.78 is 11.3. The van der Waals surface area contributed by atoms with Gasteiger partial charge in [0.05, 0.1) is 0 Å². The molecule has 4 fully saturated rings. The monoisotopic (exact) mass is 412 g/mol. The summed E-state index contributed by atoms with van der Waals surface area (Å²) in [5.74, 6) is 3.91. The second-order valence-corrected chi connectivity index (χ2v) is 11.0. The Bertz CT molecular complexity index is 797. The summed E-state index contributed by atoms with van der Waals surface area (Å²) in [5, 5.41) is 0. The lowest BCUT2D eigenvalue weighted by molar-refractivity contribution is -0.159. The Balaban J connectivity index is 1.37. The summed E-state index contributed by atoms with van der Waals surface area (Å²) in [5.41, 5.74) is 0.574. The van der Waals surface area contributed by atoms with E-state index in [1.807, 2.05) is 6.08 Å². The minimum absolute atomic E-state index is 0.126. The molecule has 0 saturated heterocycles. The maximum absolute atomic E-state index is 11.7. The van der Waals surface area contributed by atoms with E-state index in [9.17, 15) is 9.59 Å². The SMILES string of the molecule is CC(=O)OC1=CC=C[C@]23CC[C@H]4[C@@H](CC[C@H]5C[C@H](OC(C)=O)CC[C@@]54C)[C@@H]2CC[C@H]13. The summed E-state index contributed by atoms with van der Waals surface area (Å²) in [4.78, 5) is 23.1. The van der Waals surface area contributed by atoms with Crippen molar-refractivity contribution >= 4 is 11.9 Å². The summed E-state index contributed by atoms with van der Waals surface area (Å²) in [6, 6.07) is 0. The number of carbonyl (C=O) groups is 2. The van der Waals surface area contributed by atoms with Gasteiger partial charge in [-0.2, -0.15) is 0 Å². The Morgan fingerprint density at radius 1 is 0.967 bits per heavy atom. The van der Waals surface area contributed by atoms with Gasteiger partial charge in [-0.3, -0.25) is 9.59 Å². The highest BCUT2D eigenvalue weighted by atomic mass is 16.5. The summed E-state index contributed by atoms with van der Waals surface area (Å²) in [6.07, 6.45) is 17.5. The van der Waals surface area contributed by atoms with E-state index in [4.69, 9.17) is 9.47 Å². The van der Waals surface area contributed by atoms with Crippen LogP contribution in [0.5, 0.6) is 0 Å². The lowest BCUT2D eigenvalue weighted by Crippen LogP contribution is -2.54. The quantitative estimate of drug-likeness (QED) is 0.556. The van der Waals surface area contributed by atoms with Crippen molar-refractivity contribution in [2.45, 2.75) is 84.7 Å².